The first-order valence-electron chi connectivity index (χ1n) is 5.51. The summed E-state index contributed by atoms with van der Waals surface area (Å²) in [6, 6.07) is 8.67. The minimum Gasteiger partial charge on any atom is -0.423 e. The Morgan fingerprint density at radius 3 is 2.16 bits per heavy atom. The fourth-order valence-corrected chi connectivity index (χ4v) is 1.64. The predicted octanol–water partition coefficient (Wildman–Crippen LogP) is 2.99. The second-order valence-corrected chi connectivity index (χ2v) is 4.63. The molecule has 0 spiro atoms. The molecular weight excluding hydrogens is 269 g/mol. The lowest BCUT2D eigenvalue weighted by atomic mass is 10.2. The first kappa shape index (κ1) is 13.6. The number of esters is 1. The lowest BCUT2D eigenvalue weighted by molar-refractivity contribution is 0.0733. The van der Waals surface area contributed by atoms with Crippen LogP contribution in [0.4, 0.5) is 8.78 Å². The van der Waals surface area contributed by atoms with Crippen molar-refractivity contribution < 1.29 is 18.3 Å². The highest BCUT2D eigenvalue weighted by atomic mass is 31.0. The van der Waals surface area contributed by atoms with Crippen molar-refractivity contribution in [1.82, 2.24) is 0 Å². The van der Waals surface area contributed by atoms with E-state index >= 15 is 0 Å². The van der Waals surface area contributed by atoms with E-state index in [1.807, 2.05) is 16.2 Å². The molecule has 0 aliphatic carbocycles. The zero-order chi connectivity index (χ0) is 14.0. The molecule has 0 aromatic heterocycles. The van der Waals surface area contributed by atoms with Crippen LogP contribution < -0.4 is 10.0 Å². The molecule has 1 unspecified atom stereocenters. The molecule has 0 saturated carbocycles. The molecule has 98 valence electrons. The number of hydrogen-bond donors (Lipinski definition) is 0. The van der Waals surface area contributed by atoms with Crippen molar-refractivity contribution in [1.29, 1.82) is 0 Å². The Labute approximate surface area is 111 Å². The molecule has 1 atom stereocenters. The summed E-state index contributed by atoms with van der Waals surface area (Å²) in [6.07, 6.45) is 0. The lowest BCUT2D eigenvalue weighted by Gasteiger charge is -2.06. The van der Waals surface area contributed by atoms with Crippen LogP contribution in [-0.2, 0) is 0 Å². The van der Waals surface area contributed by atoms with Crippen LogP contribution >= 0.6 is 9.24 Å². The number of carbonyl (C=O) groups is 1. The van der Waals surface area contributed by atoms with Crippen molar-refractivity contribution in [3.8, 4) is 5.75 Å². The molecule has 0 N–H and O–H groups in total. The van der Waals surface area contributed by atoms with Gasteiger partial charge in [0.05, 0.1) is 5.56 Å². The Balaban J connectivity index is 2.23. The van der Waals surface area contributed by atoms with Gasteiger partial charge in [-0.25, -0.2) is 13.6 Å². The Morgan fingerprint density at radius 2 is 1.63 bits per heavy atom. The summed E-state index contributed by atoms with van der Waals surface area (Å²) in [4.78, 5) is 11.8. The molecule has 0 aliphatic rings. The number of halogens is 2. The molecule has 0 fully saturated rings. The molecule has 19 heavy (non-hydrogen) atoms. The van der Waals surface area contributed by atoms with Gasteiger partial charge in [0.15, 0.2) is 0 Å². The fourth-order valence-electron chi connectivity index (χ4n) is 1.47. The third kappa shape index (κ3) is 3.15. The molecular formula is C14H11F2O2P. The summed E-state index contributed by atoms with van der Waals surface area (Å²) >= 11 is 0. The maximum absolute atomic E-state index is 13.3. The number of hydrogen-bond acceptors (Lipinski definition) is 2. The minimum atomic E-state index is -0.805. The number of ether oxygens (including phenoxy) is 1. The Morgan fingerprint density at radius 1 is 1.11 bits per heavy atom. The minimum absolute atomic E-state index is 0.165. The molecule has 5 heteroatoms. The standard InChI is InChI=1S/C14H11F2O2P/c1-8-2-4-10(5-3-8)18-14(17)9-6-11(15)13(19)12(16)7-9/h2-7H,19H2,1H3. The second kappa shape index (κ2) is 5.45. The summed E-state index contributed by atoms with van der Waals surface area (Å²) in [5, 5.41) is -0.202. The van der Waals surface area contributed by atoms with Crippen LogP contribution in [-0.4, -0.2) is 5.97 Å². The third-order valence-electron chi connectivity index (χ3n) is 2.55. The first-order chi connectivity index (χ1) is 8.97. The molecule has 0 amide bonds. The molecule has 2 nitrogen and oxygen atoms in total. The molecule has 0 heterocycles. The van der Waals surface area contributed by atoms with Gasteiger partial charge in [0.2, 0.25) is 0 Å². The van der Waals surface area contributed by atoms with E-state index in [1.54, 1.807) is 24.3 Å². The third-order valence-corrected chi connectivity index (χ3v) is 3.10. The first-order valence-corrected chi connectivity index (χ1v) is 6.08. The Hall–Kier alpha value is -1.80. The maximum atomic E-state index is 13.3. The van der Waals surface area contributed by atoms with Crippen molar-refractivity contribution in [3.63, 3.8) is 0 Å². The fraction of sp³-hybridized carbons (Fsp3) is 0.0714. The predicted molar refractivity (Wildman–Crippen MR) is 71.8 cm³/mol. The van der Waals surface area contributed by atoms with Gasteiger partial charge in [0.25, 0.3) is 0 Å². The summed E-state index contributed by atoms with van der Waals surface area (Å²) in [7, 11) is 1.94. The van der Waals surface area contributed by atoms with Crippen LogP contribution in [0.15, 0.2) is 36.4 Å². The lowest BCUT2D eigenvalue weighted by Crippen LogP contribution is -2.13. The highest BCUT2D eigenvalue weighted by Gasteiger charge is 2.14. The van der Waals surface area contributed by atoms with Gasteiger partial charge in [-0.15, -0.1) is 0 Å². The molecule has 2 aromatic carbocycles. The SMILES string of the molecule is Cc1ccc(OC(=O)c2cc(F)c(P)c(F)c2)cc1. The normalized spacial score (nSPS) is 10.3. The van der Waals surface area contributed by atoms with Gasteiger partial charge >= 0.3 is 5.97 Å². The van der Waals surface area contributed by atoms with Crippen LogP contribution in [0.2, 0.25) is 0 Å². The second-order valence-electron chi connectivity index (χ2n) is 4.06. The molecule has 0 aliphatic heterocycles. The van der Waals surface area contributed by atoms with Gasteiger partial charge in [-0.3, -0.25) is 0 Å². The van der Waals surface area contributed by atoms with Gasteiger partial charge in [0.1, 0.15) is 17.4 Å². The van der Waals surface area contributed by atoms with Crippen molar-refractivity contribution >= 4 is 20.5 Å². The molecule has 0 saturated heterocycles. The number of benzene rings is 2. The summed E-state index contributed by atoms with van der Waals surface area (Å²) in [5.41, 5.74) is 0.853. The van der Waals surface area contributed by atoms with Gasteiger partial charge in [0, 0.05) is 5.30 Å². The monoisotopic (exact) mass is 280 g/mol. The van der Waals surface area contributed by atoms with E-state index in [-0.39, 0.29) is 10.9 Å². The van der Waals surface area contributed by atoms with Gasteiger partial charge in [-0.05, 0) is 31.2 Å². The largest absolute Gasteiger partial charge is 0.423 e. The molecule has 2 rings (SSSR count). The Bertz CT molecular complexity index is 601. The smallest absolute Gasteiger partial charge is 0.343 e. The van der Waals surface area contributed by atoms with Gasteiger partial charge < -0.3 is 4.74 Å². The van der Waals surface area contributed by atoms with E-state index in [2.05, 4.69) is 0 Å². The van der Waals surface area contributed by atoms with E-state index < -0.39 is 17.6 Å². The van der Waals surface area contributed by atoms with Crippen LogP contribution in [0.5, 0.6) is 5.75 Å². The maximum Gasteiger partial charge on any atom is 0.343 e. The Kier molecular flexibility index (Phi) is 3.91. The van der Waals surface area contributed by atoms with E-state index in [9.17, 15) is 13.6 Å². The number of carbonyl (C=O) groups excluding carboxylic acids is 1. The molecule has 2 aromatic rings. The highest BCUT2D eigenvalue weighted by molar-refractivity contribution is 7.27. The van der Waals surface area contributed by atoms with Gasteiger partial charge in [-0.1, -0.05) is 26.9 Å². The van der Waals surface area contributed by atoms with E-state index in [0.29, 0.717) is 5.75 Å². The molecule has 0 bridgehead atoms. The molecule has 0 radical (unpaired) electrons. The van der Waals surface area contributed by atoms with Crippen LogP contribution in [0, 0.1) is 18.6 Å². The van der Waals surface area contributed by atoms with Crippen molar-refractivity contribution in [2.24, 2.45) is 0 Å². The van der Waals surface area contributed by atoms with E-state index in [4.69, 9.17) is 4.74 Å². The summed E-state index contributed by atoms with van der Waals surface area (Å²) in [6.45, 7) is 1.90. The summed E-state index contributed by atoms with van der Waals surface area (Å²) in [5.74, 6) is -2.08. The van der Waals surface area contributed by atoms with Crippen molar-refractivity contribution in [2.45, 2.75) is 6.92 Å². The van der Waals surface area contributed by atoms with E-state index in [0.717, 1.165) is 17.7 Å². The zero-order valence-corrected chi connectivity index (χ0v) is 11.3. The van der Waals surface area contributed by atoms with E-state index in [1.165, 1.54) is 0 Å². The quantitative estimate of drug-likeness (QED) is 0.480. The van der Waals surface area contributed by atoms with Crippen molar-refractivity contribution in [2.75, 3.05) is 0 Å². The van der Waals surface area contributed by atoms with Crippen LogP contribution in [0.1, 0.15) is 15.9 Å². The van der Waals surface area contributed by atoms with Gasteiger partial charge in [-0.2, -0.15) is 0 Å². The van der Waals surface area contributed by atoms with Crippen LogP contribution in [0.25, 0.3) is 0 Å². The highest BCUT2D eigenvalue weighted by Crippen LogP contribution is 2.15. The number of aryl methyl sites for hydroxylation is 1. The average molecular weight is 280 g/mol. The zero-order valence-electron chi connectivity index (χ0n) is 10.1. The topological polar surface area (TPSA) is 26.3 Å². The average Bonchev–Trinajstić information content (AvgIpc) is 2.38. The summed E-state index contributed by atoms with van der Waals surface area (Å²) < 4.78 is 31.7. The number of rotatable bonds is 2. The van der Waals surface area contributed by atoms with Crippen molar-refractivity contribution in [3.05, 3.63) is 59.2 Å². The van der Waals surface area contributed by atoms with Crippen LogP contribution in [0.3, 0.4) is 0 Å².